The number of rotatable bonds is 5. The van der Waals surface area contributed by atoms with E-state index in [2.05, 4.69) is 6.58 Å². The highest BCUT2D eigenvalue weighted by Gasteiger charge is 1.99. The zero-order chi connectivity index (χ0) is 8.69. The minimum absolute atomic E-state index is 0.0865. The van der Waals surface area contributed by atoms with Crippen LogP contribution in [0, 0.1) is 5.41 Å². The molecular formula is C7H11ClN2O. The molecule has 3 N–H and O–H groups in total. The van der Waals surface area contributed by atoms with Crippen LogP contribution in [0.4, 0.5) is 0 Å². The highest BCUT2D eigenvalue weighted by Crippen LogP contribution is 1.99. The smallest absolute Gasteiger partial charge is 0.127 e. The molecule has 0 aliphatic carbocycles. The van der Waals surface area contributed by atoms with E-state index >= 15 is 0 Å². The lowest BCUT2D eigenvalue weighted by Crippen LogP contribution is -2.05. The van der Waals surface area contributed by atoms with Crippen molar-refractivity contribution in [1.82, 2.24) is 0 Å². The van der Waals surface area contributed by atoms with Crippen LogP contribution in [0.25, 0.3) is 0 Å². The van der Waals surface area contributed by atoms with E-state index in [0.29, 0.717) is 12.2 Å². The standard InChI is InChI=1S/C7H11ClN2O/c1-2-3-11-5-6(4-9)7(8)10/h2,4,10H,1,3,5,9H2/b6-4-,10-7?. The van der Waals surface area contributed by atoms with E-state index in [9.17, 15) is 0 Å². The van der Waals surface area contributed by atoms with Gasteiger partial charge in [0, 0.05) is 11.8 Å². The first-order chi connectivity index (χ1) is 5.22. The molecule has 0 bridgehead atoms. The molecule has 0 atom stereocenters. The minimum Gasteiger partial charge on any atom is -0.404 e. The molecule has 3 nitrogen and oxygen atoms in total. The lowest BCUT2D eigenvalue weighted by Gasteiger charge is -2.01. The fraction of sp³-hybridized carbons (Fsp3) is 0.286. The van der Waals surface area contributed by atoms with E-state index in [1.165, 1.54) is 6.20 Å². The van der Waals surface area contributed by atoms with Crippen molar-refractivity contribution in [3.63, 3.8) is 0 Å². The molecule has 0 amide bonds. The van der Waals surface area contributed by atoms with Crippen molar-refractivity contribution in [2.75, 3.05) is 13.2 Å². The summed E-state index contributed by atoms with van der Waals surface area (Å²) in [7, 11) is 0. The van der Waals surface area contributed by atoms with Gasteiger partial charge in [0.15, 0.2) is 0 Å². The van der Waals surface area contributed by atoms with Crippen LogP contribution < -0.4 is 5.73 Å². The van der Waals surface area contributed by atoms with Crippen molar-refractivity contribution in [3.05, 3.63) is 24.4 Å². The number of nitrogens with one attached hydrogen (secondary N) is 1. The Morgan fingerprint density at radius 3 is 2.73 bits per heavy atom. The molecule has 0 rings (SSSR count). The molecule has 0 saturated carbocycles. The predicted molar refractivity (Wildman–Crippen MR) is 46.9 cm³/mol. The summed E-state index contributed by atoms with van der Waals surface area (Å²) < 4.78 is 5.01. The van der Waals surface area contributed by atoms with Crippen molar-refractivity contribution in [3.8, 4) is 0 Å². The van der Waals surface area contributed by atoms with Crippen molar-refractivity contribution in [1.29, 1.82) is 5.41 Å². The maximum absolute atomic E-state index is 7.00. The van der Waals surface area contributed by atoms with Crippen LogP contribution in [-0.4, -0.2) is 18.4 Å². The van der Waals surface area contributed by atoms with Crippen LogP contribution in [-0.2, 0) is 4.74 Å². The number of halogens is 1. The van der Waals surface area contributed by atoms with E-state index < -0.39 is 0 Å². The molecule has 0 aliphatic rings. The zero-order valence-corrected chi connectivity index (χ0v) is 6.90. The lowest BCUT2D eigenvalue weighted by molar-refractivity contribution is 0.190. The van der Waals surface area contributed by atoms with Crippen molar-refractivity contribution < 1.29 is 4.74 Å². The molecule has 0 aromatic heterocycles. The summed E-state index contributed by atoms with van der Waals surface area (Å²) in [4.78, 5) is 0. The van der Waals surface area contributed by atoms with Gasteiger partial charge in [-0.25, -0.2) is 0 Å². The Balaban J connectivity index is 3.72. The van der Waals surface area contributed by atoms with Gasteiger partial charge in [-0.05, 0) is 0 Å². The molecule has 62 valence electrons. The van der Waals surface area contributed by atoms with Crippen LogP contribution in [0.1, 0.15) is 0 Å². The molecule has 0 radical (unpaired) electrons. The third-order valence-electron chi connectivity index (χ3n) is 0.976. The molecule has 0 aromatic rings. The number of nitrogens with two attached hydrogens (primary N) is 1. The average molecular weight is 175 g/mol. The second kappa shape index (κ2) is 5.95. The van der Waals surface area contributed by atoms with E-state index in [1.54, 1.807) is 6.08 Å². The first kappa shape index (κ1) is 10.2. The quantitative estimate of drug-likeness (QED) is 0.375. The number of hydrogen-bond acceptors (Lipinski definition) is 3. The molecule has 0 saturated heterocycles. The summed E-state index contributed by atoms with van der Waals surface area (Å²) >= 11 is 5.35. The molecule has 0 aromatic carbocycles. The van der Waals surface area contributed by atoms with Gasteiger partial charge in [-0.1, -0.05) is 17.7 Å². The normalized spacial score (nSPS) is 11.2. The van der Waals surface area contributed by atoms with Crippen molar-refractivity contribution in [2.24, 2.45) is 5.73 Å². The second-order valence-corrected chi connectivity index (χ2v) is 2.19. The molecule has 0 aliphatic heterocycles. The van der Waals surface area contributed by atoms with Gasteiger partial charge in [0.25, 0.3) is 0 Å². The van der Waals surface area contributed by atoms with E-state index in [1.807, 2.05) is 0 Å². The maximum Gasteiger partial charge on any atom is 0.127 e. The molecule has 4 heteroatoms. The summed E-state index contributed by atoms with van der Waals surface area (Å²) in [5, 5.41) is 6.91. The first-order valence-corrected chi connectivity index (χ1v) is 3.44. The van der Waals surface area contributed by atoms with Crippen LogP contribution in [0.5, 0.6) is 0 Å². The first-order valence-electron chi connectivity index (χ1n) is 3.06. The molecule has 0 fully saturated rings. The second-order valence-electron chi connectivity index (χ2n) is 1.81. The Morgan fingerprint density at radius 1 is 1.73 bits per heavy atom. The summed E-state index contributed by atoms with van der Waals surface area (Å²) in [6.07, 6.45) is 2.88. The fourth-order valence-electron chi connectivity index (χ4n) is 0.437. The zero-order valence-electron chi connectivity index (χ0n) is 6.14. The van der Waals surface area contributed by atoms with E-state index in [-0.39, 0.29) is 11.8 Å². The van der Waals surface area contributed by atoms with Crippen LogP contribution in [0.3, 0.4) is 0 Å². The van der Waals surface area contributed by atoms with Crippen molar-refractivity contribution >= 4 is 16.8 Å². The topological polar surface area (TPSA) is 59.1 Å². The Kier molecular flexibility index (Phi) is 5.51. The maximum atomic E-state index is 7.00. The highest BCUT2D eigenvalue weighted by atomic mass is 35.5. The van der Waals surface area contributed by atoms with Gasteiger partial charge in [0.2, 0.25) is 0 Å². The third kappa shape index (κ3) is 4.58. The number of hydrogen-bond donors (Lipinski definition) is 2. The SMILES string of the molecule is C=CCOC/C(=C/N)C(=N)Cl. The van der Waals surface area contributed by atoms with Gasteiger partial charge < -0.3 is 10.5 Å². The summed E-state index contributed by atoms with van der Waals surface area (Å²) in [5.41, 5.74) is 5.64. The van der Waals surface area contributed by atoms with Gasteiger partial charge in [-0.15, -0.1) is 6.58 Å². The summed E-state index contributed by atoms with van der Waals surface area (Å²) in [6, 6.07) is 0. The van der Waals surface area contributed by atoms with Crippen LogP contribution in [0.2, 0.25) is 0 Å². The van der Waals surface area contributed by atoms with Crippen molar-refractivity contribution in [2.45, 2.75) is 0 Å². The Labute approximate surface area is 71.0 Å². The van der Waals surface area contributed by atoms with Gasteiger partial charge in [0.05, 0.1) is 13.2 Å². The van der Waals surface area contributed by atoms with Gasteiger partial charge in [0.1, 0.15) is 5.17 Å². The van der Waals surface area contributed by atoms with Gasteiger partial charge >= 0.3 is 0 Å². The van der Waals surface area contributed by atoms with Gasteiger partial charge in [-0.3, -0.25) is 5.41 Å². The van der Waals surface area contributed by atoms with Gasteiger partial charge in [-0.2, -0.15) is 0 Å². The molecule has 0 spiro atoms. The molecular weight excluding hydrogens is 164 g/mol. The molecule has 0 heterocycles. The monoisotopic (exact) mass is 174 g/mol. The molecule has 0 unspecified atom stereocenters. The summed E-state index contributed by atoms with van der Waals surface area (Å²) in [5.74, 6) is 0. The van der Waals surface area contributed by atoms with Crippen LogP contribution in [0.15, 0.2) is 24.4 Å². The Morgan fingerprint density at radius 2 is 2.36 bits per heavy atom. The van der Waals surface area contributed by atoms with Crippen LogP contribution >= 0.6 is 11.6 Å². The van der Waals surface area contributed by atoms with E-state index in [4.69, 9.17) is 27.5 Å². The minimum atomic E-state index is -0.0865. The number of ether oxygens (including phenoxy) is 1. The summed E-state index contributed by atoms with van der Waals surface area (Å²) in [6.45, 7) is 4.15. The molecule has 11 heavy (non-hydrogen) atoms. The lowest BCUT2D eigenvalue weighted by atomic mass is 10.3. The largest absolute Gasteiger partial charge is 0.404 e. The fourth-order valence-corrected chi connectivity index (χ4v) is 0.554. The Bertz CT molecular complexity index is 177. The third-order valence-corrected chi connectivity index (χ3v) is 1.22. The average Bonchev–Trinajstić information content (AvgIpc) is 1.97. The predicted octanol–water partition coefficient (Wildman–Crippen LogP) is 1.25. The highest BCUT2D eigenvalue weighted by molar-refractivity contribution is 6.68. The van der Waals surface area contributed by atoms with E-state index in [0.717, 1.165) is 0 Å². The Hall–Kier alpha value is -0.800.